The molecule has 336 valence electrons. The van der Waals surface area contributed by atoms with Gasteiger partial charge in [0.1, 0.15) is 0 Å². The fourth-order valence-electron chi connectivity index (χ4n) is 12.3. The highest BCUT2D eigenvalue weighted by molar-refractivity contribution is 6.27. The fraction of sp³-hybridized carbons (Fsp3) is 0. The lowest BCUT2D eigenvalue weighted by atomic mass is 9.96. The van der Waals surface area contributed by atoms with Crippen LogP contribution in [-0.2, 0) is 0 Å². The van der Waals surface area contributed by atoms with Gasteiger partial charge in [-0.25, -0.2) is 4.85 Å². The first-order valence-corrected chi connectivity index (χ1v) is 24.9. The standard InChI is InChI=1S/C69H40N4/c1-70-52-28-24-42(25-29-52)51-38-61-59-36-47-22-20-43(45-26-30-65-57(34-45)55-16-8-10-18-63(55)71(65)53-12-4-2-5-13-53)32-49(47)40-67(59)73-68-41-50-33-44(21-23-48(50)37-60(68)62(39-51)69(61)73)46-27-31-66-58(35-46)56-17-9-11-19-64(56)72(66)54-14-6-3-7-15-54/h2-41H. The predicted molar refractivity (Wildman–Crippen MR) is 307 cm³/mol. The fourth-order valence-corrected chi connectivity index (χ4v) is 12.3. The predicted octanol–water partition coefficient (Wildman–Crippen LogP) is 18.9. The molecule has 0 radical (unpaired) electrons. The summed E-state index contributed by atoms with van der Waals surface area (Å²) in [6, 6.07) is 89.0. The molecule has 0 aliphatic rings. The third kappa shape index (κ3) is 5.82. The average Bonchev–Trinajstić information content (AvgIpc) is 4.17. The summed E-state index contributed by atoms with van der Waals surface area (Å²) in [6.07, 6.45) is 0. The van der Waals surface area contributed by atoms with Gasteiger partial charge in [-0.05, 0) is 164 Å². The van der Waals surface area contributed by atoms with E-state index in [0.717, 1.165) is 22.5 Å². The summed E-state index contributed by atoms with van der Waals surface area (Å²) in [6.45, 7) is 7.61. The summed E-state index contributed by atoms with van der Waals surface area (Å²) in [7, 11) is 0. The Hall–Kier alpha value is -9.95. The zero-order chi connectivity index (χ0) is 47.9. The molecular weight excluding hydrogens is 885 g/mol. The first kappa shape index (κ1) is 39.8. The second-order valence-electron chi connectivity index (χ2n) is 19.6. The quantitative estimate of drug-likeness (QED) is 0.153. The lowest BCUT2D eigenvalue weighted by Crippen LogP contribution is -1.92. The van der Waals surface area contributed by atoms with E-state index < -0.39 is 0 Å². The van der Waals surface area contributed by atoms with Crippen molar-refractivity contribution in [3.63, 3.8) is 0 Å². The number of hydrogen-bond acceptors (Lipinski definition) is 0. The van der Waals surface area contributed by atoms with Crippen LogP contribution in [0.15, 0.2) is 243 Å². The Kier molecular flexibility index (Phi) is 8.20. The zero-order valence-corrected chi connectivity index (χ0v) is 39.4. The van der Waals surface area contributed by atoms with Crippen LogP contribution in [0.4, 0.5) is 5.69 Å². The van der Waals surface area contributed by atoms with Crippen LogP contribution >= 0.6 is 0 Å². The van der Waals surface area contributed by atoms with Crippen LogP contribution in [0.25, 0.3) is 153 Å². The van der Waals surface area contributed by atoms with Gasteiger partial charge in [0.05, 0.1) is 45.2 Å². The summed E-state index contributed by atoms with van der Waals surface area (Å²) in [5.41, 5.74) is 18.4. The highest BCUT2D eigenvalue weighted by Gasteiger charge is 2.22. The number of benzene rings is 12. The van der Waals surface area contributed by atoms with Crippen molar-refractivity contribution in [2.75, 3.05) is 0 Å². The first-order valence-electron chi connectivity index (χ1n) is 24.9. The maximum Gasteiger partial charge on any atom is 0.187 e. The van der Waals surface area contributed by atoms with Crippen LogP contribution in [0.2, 0.25) is 0 Å². The topological polar surface area (TPSA) is 18.6 Å². The van der Waals surface area contributed by atoms with Crippen LogP contribution in [0.5, 0.6) is 0 Å². The van der Waals surface area contributed by atoms with Crippen molar-refractivity contribution in [3.8, 4) is 44.8 Å². The Morgan fingerprint density at radius 1 is 0.260 bits per heavy atom. The molecule has 4 heteroatoms. The number of rotatable bonds is 5. The molecule has 0 saturated heterocycles. The van der Waals surface area contributed by atoms with Crippen molar-refractivity contribution in [3.05, 3.63) is 254 Å². The Bertz CT molecular complexity index is 4720. The molecule has 73 heavy (non-hydrogen) atoms. The Morgan fingerprint density at radius 3 is 1.15 bits per heavy atom. The van der Waals surface area contributed by atoms with Crippen LogP contribution in [0, 0.1) is 6.57 Å². The minimum Gasteiger partial charge on any atom is -0.309 e. The normalized spacial score (nSPS) is 12.1. The van der Waals surface area contributed by atoms with Gasteiger partial charge in [-0.1, -0.05) is 133 Å². The zero-order valence-electron chi connectivity index (χ0n) is 39.4. The molecule has 4 nitrogen and oxygen atoms in total. The molecule has 0 saturated carbocycles. The van der Waals surface area contributed by atoms with Gasteiger partial charge in [-0.3, -0.25) is 0 Å². The smallest absolute Gasteiger partial charge is 0.187 e. The van der Waals surface area contributed by atoms with Gasteiger partial charge >= 0.3 is 0 Å². The molecule has 0 N–H and O–H groups in total. The first-order chi connectivity index (χ1) is 36.1. The third-order valence-electron chi connectivity index (χ3n) is 15.7. The van der Waals surface area contributed by atoms with E-state index in [0.29, 0.717) is 5.69 Å². The van der Waals surface area contributed by atoms with Gasteiger partial charge in [0, 0.05) is 54.5 Å². The molecule has 0 unspecified atom stereocenters. The molecule has 12 aromatic carbocycles. The minimum absolute atomic E-state index is 0.644. The van der Waals surface area contributed by atoms with Gasteiger partial charge in [-0.15, -0.1) is 0 Å². The van der Waals surface area contributed by atoms with E-state index in [9.17, 15) is 0 Å². The molecular formula is C69H40N4. The van der Waals surface area contributed by atoms with Crippen LogP contribution in [0.3, 0.4) is 0 Å². The monoisotopic (exact) mass is 924 g/mol. The molecule has 0 atom stereocenters. The molecule has 0 aliphatic heterocycles. The highest BCUT2D eigenvalue weighted by Crippen LogP contribution is 2.45. The van der Waals surface area contributed by atoms with Crippen molar-refractivity contribution in [1.82, 2.24) is 13.5 Å². The molecule has 4 heterocycles. The summed E-state index contributed by atoms with van der Waals surface area (Å²) in [5.74, 6) is 0. The largest absolute Gasteiger partial charge is 0.309 e. The van der Waals surface area contributed by atoms with Crippen molar-refractivity contribution in [2.45, 2.75) is 0 Å². The van der Waals surface area contributed by atoms with Crippen LogP contribution in [-0.4, -0.2) is 13.5 Å². The second kappa shape index (κ2) is 15.0. The van der Waals surface area contributed by atoms with Crippen LogP contribution in [0.1, 0.15) is 0 Å². The third-order valence-corrected chi connectivity index (χ3v) is 15.7. The SMILES string of the molecule is [C-]#[N+]c1ccc(-c2cc3c4cc5ccc(-c6ccc7c(c6)c6ccccc6n7-c6ccccc6)cc5cc4n4c5cc6cc(-c7ccc8c(c7)c7ccccc7n8-c7ccccc7)ccc6cc5c(c2)c34)cc1. The summed E-state index contributed by atoms with van der Waals surface area (Å²) < 4.78 is 7.28. The molecule has 0 amide bonds. The Morgan fingerprint density at radius 2 is 0.658 bits per heavy atom. The number of para-hydroxylation sites is 4. The molecule has 16 aromatic rings. The van der Waals surface area contributed by atoms with Crippen LogP contribution < -0.4 is 0 Å². The number of nitrogens with zero attached hydrogens (tertiary/aromatic N) is 4. The lowest BCUT2D eigenvalue weighted by molar-refractivity contribution is 1.18. The van der Waals surface area contributed by atoms with E-state index in [-0.39, 0.29) is 0 Å². The maximum absolute atomic E-state index is 7.61. The highest BCUT2D eigenvalue weighted by atomic mass is 15.0. The van der Waals surface area contributed by atoms with E-state index in [4.69, 9.17) is 6.57 Å². The molecule has 16 rings (SSSR count). The van der Waals surface area contributed by atoms with Crippen molar-refractivity contribution in [1.29, 1.82) is 0 Å². The number of fused-ring (bicyclic) bond motifs is 14. The van der Waals surface area contributed by atoms with E-state index in [1.54, 1.807) is 0 Å². The minimum atomic E-state index is 0.644. The number of aromatic nitrogens is 3. The van der Waals surface area contributed by atoms with E-state index in [1.807, 2.05) is 12.1 Å². The summed E-state index contributed by atoms with van der Waals surface area (Å²) >= 11 is 0. The summed E-state index contributed by atoms with van der Waals surface area (Å²) in [4.78, 5) is 3.69. The van der Waals surface area contributed by atoms with Gasteiger partial charge in [0.15, 0.2) is 5.69 Å². The van der Waals surface area contributed by atoms with Crippen molar-refractivity contribution < 1.29 is 0 Å². The molecule has 0 spiro atoms. The van der Waals surface area contributed by atoms with Gasteiger partial charge in [0.2, 0.25) is 0 Å². The lowest BCUT2D eigenvalue weighted by Gasteiger charge is -2.09. The number of hydrogen-bond donors (Lipinski definition) is 0. The average molecular weight is 925 g/mol. The van der Waals surface area contributed by atoms with Gasteiger partial charge in [-0.2, -0.15) is 0 Å². The molecule has 0 bridgehead atoms. The van der Waals surface area contributed by atoms with E-state index in [1.165, 1.54) is 126 Å². The molecule has 0 aliphatic carbocycles. The van der Waals surface area contributed by atoms with Gasteiger partial charge in [0.25, 0.3) is 0 Å². The Labute approximate surface area is 419 Å². The van der Waals surface area contributed by atoms with Gasteiger partial charge < -0.3 is 13.5 Å². The summed E-state index contributed by atoms with van der Waals surface area (Å²) in [5, 5.41) is 14.7. The van der Waals surface area contributed by atoms with E-state index in [2.05, 4.69) is 249 Å². The molecule has 0 fully saturated rings. The maximum atomic E-state index is 7.61. The second-order valence-corrected chi connectivity index (χ2v) is 19.6. The van der Waals surface area contributed by atoms with E-state index >= 15 is 0 Å². The molecule has 4 aromatic heterocycles. The van der Waals surface area contributed by atoms with Crippen molar-refractivity contribution in [2.24, 2.45) is 0 Å². The Balaban J connectivity index is 0.891. The van der Waals surface area contributed by atoms with Crippen molar-refractivity contribution >= 4 is 109 Å².